The Kier molecular flexibility index (Phi) is 6.55. The van der Waals surface area contributed by atoms with Gasteiger partial charge in [0.2, 0.25) is 0 Å². The molecule has 0 fully saturated rings. The molecule has 0 spiro atoms. The van der Waals surface area contributed by atoms with Gasteiger partial charge in [-0.1, -0.05) is 11.6 Å². The zero-order valence-corrected chi connectivity index (χ0v) is 12.8. The van der Waals surface area contributed by atoms with Crippen LogP contribution in [0.25, 0.3) is 0 Å². The summed E-state index contributed by atoms with van der Waals surface area (Å²) in [4.78, 5) is 0. The molecule has 0 aliphatic heterocycles. The first-order valence-electron chi connectivity index (χ1n) is 6.37. The maximum Gasteiger partial charge on any atom is 0.162 e. The zero-order chi connectivity index (χ0) is 15.2. The van der Waals surface area contributed by atoms with Crippen LogP contribution in [-0.2, 0) is 11.3 Å². The van der Waals surface area contributed by atoms with Gasteiger partial charge in [-0.05, 0) is 13.0 Å². The first-order chi connectivity index (χ1) is 9.39. The number of aliphatic hydroxyl groups is 1. The van der Waals surface area contributed by atoms with Crippen LogP contribution in [0.3, 0.4) is 0 Å². The van der Waals surface area contributed by atoms with E-state index < -0.39 is 5.60 Å². The summed E-state index contributed by atoms with van der Waals surface area (Å²) in [5.41, 5.74) is -0.245. The fourth-order valence-electron chi connectivity index (χ4n) is 1.80. The molecule has 1 rings (SSSR count). The fraction of sp³-hybridized carbons (Fsp3) is 0.571. The molecule has 114 valence electrons. The van der Waals surface area contributed by atoms with Gasteiger partial charge < -0.3 is 25.0 Å². The normalized spacial score (nSPS) is 14.1. The van der Waals surface area contributed by atoms with Gasteiger partial charge in [0.05, 0.1) is 12.7 Å². The molecule has 0 aliphatic carbocycles. The Hall–Kier alpha value is -1.01. The molecular formula is C14H22ClNO4. The quantitative estimate of drug-likeness (QED) is 0.684. The highest BCUT2D eigenvalue weighted by atomic mass is 35.5. The van der Waals surface area contributed by atoms with Crippen molar-refractivity contribution in [3.05, 3.63) is 22.7 Å². The second-order valence-electron chi connectivity index (χ2n) is 4.96. The fourth-order valence-corrected chi connectivity index (χ4v) is 2.03. The number of methoxy groups -OCH3 is 2. The summed E-state index contributed by atoms with van der Waals surface area (Å²) >= 11 is 5.95. The molecule has 1 unspecified atom stereocenters. The van der Waals surface area contributed by atoms with Crippen LogP contribution < -0.4 is 10.1 Å². The van der Waals surface area contributed by atoms with E-state index in [1.165, 1.54) is 7.11 Å². The molecule has 1 atom stereocenters. The van der Waals surface area contributed by atoms with Gasteiger partial charge in [-0.2, -0.15) is 0 Å². The molecule has 5 nitrogen and oxygen atoms in total. The molecule has 6 heteroatoms. The van der Waals surface area contributed by atoms with Crippen molar-refractivity contribution in [2.45, 2.75) is 25.5 Å². The van der Waals surface area contributed by atoms with Gasteiger partial charge in [0.1, 0.15) is 0 Å². The van der Waals surface area contributed by atoms with Crippen LogP contribution in [0, 0.1) is 0 Å². The van der Waals surface area contributed by atoms with Crippen LogP contribution in [0.1, 0.15) is 18.9 Å². The Morgan fingerprint density at radius 3 is 2.65 bits per heavy atom. The van der Waals surface area contributed by atoms with Crippen molar-refractivity contribution in [2.24, 2.45) is 0 Å². The Labute approximate surface area is 124 Å². The summed E-state index contributed by atoms with van der Waals surface area (Å²) in [6.45, 7) is 2.98. The summed E-state index contributed by atoms with van der Waals surface area (Å²) in [5.74, 6) is 0.390. The van der Waals surface area contributed by atoms with Gasteiger partial charge in [0.25, 0.3) is 0 Å². The summed E-state index contributed by atoms with van der Waals surface area (Å²) < 4.78 is 9.98. The van der Waals surface area contributed by atoms with E-state index in [2.05, 4.69) is 5.32 Å². The maximum atomic E-state index is 10.1. The molecular weight excluding hydrogens is 282 g/mol. The van der Waals surface area contributed by atoms with Crippen molar-refractivity contribution in [1.29, 1.82) is 0 Å². The van der Waals surface area contributed by atoms with E-state index in [9.17, 15) is 10.2 Å². The molecule has 0 amide bonds. The maximum absolute atomic E-state index is 10.1. The molecule has 0 heterocycles. The third-order valence-electron chi connectivity index (χ3n) is 3.00. The molecule has 0 bridgehead atoms. The monoisotopic (exact) mass is 303 g/mol. The molecule has 20 heavy (non-hydrogen) atoms. The highest BCUT2D eigenvalue weighted by Gasteiger charge is 2.19. The van der Waals surface area contributed by atoms with Gasteiger partial charge in [-0.3, -0.25) is 0 Å². The largest absolute Gasteiger partial charge is 0.504 e. The average Bonchev–Trinajstić information content (AvgIpc) is 2.39. The number of phenolic OH excluding ortho intramolecular Hbond substituents is 1. The number of hydrogen-bond acceptors (Lipinski definition) is 5. The lowest BCUT2D eigenvalue weighted by Crippen LogP contribution is -2.38. The van der Waals surface area contributed by atoms with Gasteiger partial charge in [-0.15, -0.1) is 0 Å². The van der Waals surface area contributed by atoms with Crippen molar-refractivity contribution in [3.63, 3.8) is 0 Å². The van der Waals surface area contributed by atoms with Crippen molar-refractivity contribution >= 4 is 11.6 Å². The molecule has 0 saturated heterocycles. The number of benzene rings is 1. The summed E-state index contributed by atoms with van der Waals surface area (Å²) in [5, 5.41) is 23.6. The predicted molar refractivity (Wildman–Crippen MR) is 78.5 cm³/mol. The number of rotatable bonds is 8. The van der Waals surface area contributed by atoms with E-state index in [1.807, 2.05) is 0 Å². The molecule has 0 saturated carbocycles. The smallest absolute Gasteiger partial charge is 0.162 e. The highest BCUT2D eigenvalue weighted by molar-refractivity contribution is 6.30. The predicted octanol–water partition coefficient (Wildman–Crippen LogP) is 1.93. The number of aromatic hydroxyl groups is 1. The lowest BCUT2D eigenvalue weighted by atomic mass is 10.0. The minimum absolute atomic E-state index is 0.0564. The van der Waals surface area contributed by atoms with Crippen LogP contribution in [0.15, 0.2) is 12.1 Å². The Bertz CT molecular complexity index is 437. The first kappa shape index (κ1) is 17.0. The molecule has 1 aromatic rings. The molecule has 0 aromatic heterocycles. The van der Waals surface area contributed by atoms with E-state index in [4.69, 9.17) is 21.1 Å². The van der Waals surface area contributed by atoms with E-state index >= 15 is 0 Å². The van der Waals surface area contributed by atoms with E-state index in [1.54, 1.807) is 26.2 Å². The second kappa shape index (κ2) is 7.69. The lowest BCUT2D eigenvalue weighted by Gasteiger charge is -2.23. The van der Waals surface area contributed by atoms with Crippen molar-refractivity contribution in [1.82, 2.24) is 5.32 Å². The van der Waals surface area contributed by atoms with Crippen LogP contribution in [0.5, 0.6) is 11.5 Å². The standard InChI is InChI=1S/C14H22ClNO4/c1-14(18,4-5-19-2)9-16-8-10-6-11(15)7-12(20-3)13(10)17/h6-7,16-18H,4-5,8-9H2,1-3H3. The SMILES string of the molecule is COCCC(C)(O)CNCc1cc(Cl)cc(OC)c1O. The Balaban J connectivity index is 2.60. The van der Waals surface area contributed by atoms with Crippen molar-refractivity contribution < 1.29 is 19.7 Å². The number of nitrogens with one attached hydrogen (secondary N) is 1. The number of halogens is 1. The third-order valence-corrected chi connectivity index (χ3v) is 3.22. The molecule has 0 aliphatic rings. The van der Waals surface area contributed by atoms with E-state index in [0.29, 0.717) is 42.5 Å². The topological polar surface area (TPSA) is 71.0 Å². The minimum atomic E-state index is -0.867. The van der Waals surface area contributed by atoms with Gasteiger partial charge >= 0.3 is 0 Å². The highest BCUT2D eigenvalue weighted by Crippen LogP contribution is 2.33. The Morgan fingerprint density at radius 2 is 2.05 bits per heavy atom. The van der Waals surface area contributed by atoms with Crippen LogP contribution in [0.4, 0.5) is 0 Å². The van der Waals surface area contributed by atoms with Crippen molar-refractivity contribution in [3.8, 4) is 11.5 Å². The van der Waals surface area contributed by atoms with E-state index in [0.717, 1.165) is 0 Å². The zero-order valence-electron chi connectivity index (χ0n) is 12.1. The summed E-state index contributed by atoms with van der Waals surface area (Å²) in [6.07, 6.45) is 0.529. The van der Waals surface area contributed by atoms with E-state index in [-0.39, 0.29) is 5.75 Å². The minimum Gasteiger partial charge on any atom is -0.504 e. The average molecular weight is 304 g/mol. The Morgan fingerprint density at radius 1 is 1.35 bits per heavy atom. The van der Waals surface area contributed by atoms with Crippen LogP contribution in [0.2, 0.25) is 5.02 Å². The lowest BCUT2D eigenvalue weighted by molar-refractivity contribution is 0.0247. The molecule has 3 N–H and O–H groups in total. The number of hydrogen-bond donors (Lipinski definition) is 3. The van der Waals surface area contributed by atoms with Crippen molar-refractivity contribution in [2.75, 3.05) is 27.4 Å². The van der Waals surface area contributed by atoms with Gasteiger partial charge in [0, 0.05) is 49.9 Å². The first-order valence-corrected chi connectivity index (χ1v) is 6.75. The van der Waals surface area contributed by atoms with Crippen LogP contribution in [-0.4, -0.2) is 43.2 Å². The third kappa shape index (κ3) is 5.17. The summed E-state index contributed by atoms with van der Waals surface area (Å²) in [7, 11) is 3.07. The van der Waals surface area contributed by atoms with Crippen LogP contribution >= 0.6 is 11.6 Å². The van der Waals surface area contributed by atoms with Gasteiger partial charge in [0.15, 0.2) is 11.5 Å². The molecule has 1 aromatic carbocycles. The number of ether oxygens (including phenoxy) is 2. The molecule has 0 radical (unpaired) electrons. The second-order valence-corrected chi connectivity index (χ2v) is 5.40. The summed E-state index contributed by atoms with van der Waals surface area (Å²) in [6, 6.07) is 3.21. The number of phenols is 1. The van der Waals surface area contributed by atoms with Gasteiger partial charge in [-0.25, -0.2) is 0 Å².